The molecule has 0 atom stereocenters. The van der Waals surface area contributed by atoms with Crippen molar-refractivity contribution in [3.8, 4) is 0 Å². The summed E-state index contributed by atoms with van der Waals surface area (Å²) in [6, 6.07) is 19.6. The third-order valence-corrected chi connectivity index (χ3v) is 4.18. The van der Waals surface area contributed by atoms with Crippen LogP contribution in [-0.4, -0.2) is 10.9 Å². The van der Waals surface area contributed by atoms with Gasteiger partial charge in [-0.1, -0.05) is 36.4 Å². The second-order valence-corrected chi connectivity index (χ2v) is 5.95. The van der Waals surface area contributed by atoms with Crippen LogP contribution in [0, 0.1) is 12.7 Å². The van der Waals surface area contributed by atoms with E-state index in [4.69, 9.17) is 0 Å². The molecule has 0 unspecified atom stereocenters. The minimum absolute atomic E-state index is 0.280. The van der Waals surface area contributed by atoms with E-state index >= 15 is 0 Å². The zero-order valence-corrected chi connectivity index (χ0v) is 13.6. The molecule has 0 spiro atoms. The van der Waals surface area contributed by atoms with Crippen LogP contribution in [0.1, 0.15) is 16.1 Å². The van der Waals surface area contributed by atoms with Crippen molar-refractivity contribution in [2.24, 2.45) is 0 Å². The van der Waals surface area contributed by atoms with E-state index in [0.717, 1.165) is 16.5 Å². The number of nitrogens with zero attached hydrogens (tertiary/aromatic N) is 1. The van der Waals surface area contributed by atoms with Gasteiger partial charge >= 0.3 is 0 Å². The minimum atomic E-state index is -0.391. The van der Waals surface area contributed by atoms with Crippen LogP contribution in [0.5, 0.6) is 0 Å². The van der Waals surface area contributed by atoms with E-state index in [1.807, 2.05) is 49.4 Å². The highest BCUT2D eigenvalue weighted by molar-refractivity contribution is 6.14. The fraction of sp³-hybridized carbons (Fsp3) is 0.0476. The van der Waals surface area contributed by atoms with E-state index in [1.165, 1.54) is 12.1 Å². The maximum atomic E-state index is 13.7. The van der Waals surface area contributed by atoms with Gasteiger partial charge < -0.3 is 5.32 Å². The van der Waals surface area contributed by atoms with Crippen molar-refractivity contribution in [2.75, 3.05) is 5.32 Å². The quantitative estimate of drug-likeness (QED) is 0.556. The fourth-order valence-electron chi connectivity index (χ4n) is 3.04. The number of pyridine rings is 1. The summed E-state index contributed by atoms with van der Waals surface area (Å²) in [6.07, 6.45) is 0. The van der Waals surface area contributed by atoms with Crippen LogP contribution < -0.4 is 5.32 Å². The Labute approximate surface area is 144 Å². The SMILES string of the molecule is Cc1cc(C(=O)Nc2cccc3ccccc23)c2cc(F)ccc2n1. The van der Waals surface area contributed by atoms with Gasteiger partial charge in [0.05, 0.1) is 11.1 Å². The van der Waals surface area contributed by atoms with Crippen LogP contribution in [0.15, 0.2) is 66.7 Å². The molecule has 0 saturated carbocycles. The van der Waals surface area contributed by atoms with E-state index in [0.29, 0.717) is 22.2 Å². The first-order valence-electron chi connectivity index (χ1n) is 7.98. The van der Waals surface area contributed by atoms with E-state index in [1.54, 1.807) is 12.1 Å². The fourth-order valence-corrected chi connectivity index (χ4v) is 3.04. The van der Waals surface area contributed by atoms with E-state index in [-0.39, 0.29) is 5.91 Å². The maximum Gasteiger partial charge on any atom is 0.256 e. The van der Waals surface area contributed by atoms with E-state index in [9.17, 15) is 9.18 Å². The largest absolute Gasteiger partial charge is 0.321 e. The van der Waals surface area contributed by atoms with Gasteiger partial charge in [0.25, 0.3) is 5.91 Å². The molecule has 0 fully saturated rings. The van der Waals surface area contributed by atoms with Gasteiger partial charge in [0.2, 0.25) is 0 Å². The molecule has 1 aromatic heterocycles. The van der Waals surface area contributed by atoms with Crippen molar-refractivity contribution in [3.63, 3.8) is 0 Å². The van der Waals surface area contributed by atoms with Crippen molar-refractivity contribution in [1.29, 1.82) is 0 Å². The summed E-state index contributed by atoms with van der Waals surface area (Å²) in [5.41, 5.74) is 2.45. The van der Waals surface area contributed by atoms with Crippen molar-refractivity contribution in [1.82, 2.24) is 4.98 Å². The Morgan fingerprint density at radius 3 is 2.64 bits per heavy atom. The third-order valence-electron chi connectivity index (χ3n) is 4.18. The Balaban J connectivity index is 1.81. The Morgan fingerprint density at radius 1 is 0.960 bits per heavy atom. The molecule has 0 aliphatic carbocycles. The third kappa shape index (κ3) is 2.83. The number of carbonyl (C=O) groups excluding carboxylic acids is 1. The van der Waals surface area contributed by atoms with Crippen molar-refractivity contribution >= 4 is 33.3 Å². The molecule has 3 nitrogen and oxygen atoms in total. The van der Waals surface area contributed by atoms with Gasteiger partial charge in [-0.2, -0.15) is 0 Å². The number of benzene rings is 3. The van der Waals surface area contributed by atoms with Gasteiger partial charge in [0, 0.05) is 22.2 Å². The predicted octanol–water partition coefficient (Wildman–Crippen LogP) is 5.09. The zero-order valence-electron chi connectivity index (χ0n) is 13.6. The first-order chi connectivity index (χ1) is 12.1. The smallest absolute Gasteiger partial charge is 0.256 e. The maximum absolute atomic E-state index is 13.7. The van der Waals surface area contributed by atoms with Crippen LogP contribution in [0.25, 0.3) is 21.7 Å². The van der Waals surface area contributed by atoms with Crippen molar-refractivity contribution in [2.45, 2.75) is 6.92 Å². The summed E-state index contributed by atoms with van der Waals surface area (Å²) in [5, 5.41) is 5.46. The molecule has 4 rings (SSSR count). The standard InChI is InChI=1S/C21H15FN2O/c1-13-11-18(17-12-15(22)9-10-20(17)23-13)21(25)24-19-8-4-6-14-5-2-3-7-16(14)19/h2-12H,1H3,(H,24,25). The predicted molar refractivity (Wildman–Crippen MR) is 98.3 cm³/mol. The highest BCUT2D eigenvalue weighted by Gasteiger charge is 2.14. The second kappa shape index (κ2) is 5.98. The number of amides is 1. The lowest BCUT2D eigenvalue weighted by atomic mass is 10.1. The Hall–Kier alpha value is -3.27. The number of carbonyl (C=O) groups is 1. The van der Waals surface area contributed by atoms with Crippen molar-refractivity contribution < 1.29 is 9.18 Å². The summed E-state index contributed by atoms with van der Waals surface area (Å²) in [6.45, 7) is 1.82. The normalized spacial score (nSPS) is 11.0. The van der Waals surface area contributed by atoms with Gasteiger partial charge in [-0.05, 0) is 42.6 Å². The molecule has 0 saturated heterocycles. The highest BCUT2D eigenvalue weighted by atomic mass is 19.1. The molecular formula is C21H15FN2O. The molecule has 3 aromatic carbocycles. The topological polar surface area (TPSA) is 42.0 Å². The average Bonchev–Trinajstić information content (AvgIpc) is 2.61. The molecular weight excluding hydrogens is 315 g/mol. The molecule has 4 heteroatoms. The highest BCUT2D eigenvalue weighted by Crippen LogP contribution is 2.25. The lowest BCUT2D eigenvalue weighted by Gasteiger charge is -2.11. The molecule has 25 heavy (non-hydrogen) atoms. The Morgan fingerprint density at radius 2 is 1.76 bits per heavy atom. The van der Waals surface area contributed by atoms with E-state index < -0.39 is 5.82 Å². The van der Waals surface area contributed by atoms with Crippen molar-refractivity contribution in [3.05, 3.63) is 83.8 Å². The Kier molecular flexibility index (Phi) is 3.65. The van der Waals surface area contributed by atoms with Gasteiger partial charge in [0.15, 0.2) is 0 Å². The number of hydrogen-bond donors (Lipinski definition) is 1. The summed E-state index contributed by atoms with van der Waals surface area (Å²) in [4.78, 5) is 17.2. The van der Waals surface area contributed by atoms with Crippen LogP contribution in [0.4, 0.5) is 10.1 Å². The number of halogens is 1. The number of hydrogen-bond acceptors (Lipinski definition) is 2. The van der Waals surface area contributed by atoms with Crippen LogP contribution in [0.2, 0.25) is 0 Å². The lowest BCUT2D eigenvalue weighted by molar-refractivity contribution is 0.102. The second-order valence-electron chi connectivity index (χ2n) is 5.95. The molecule has 122 valence electrons. The monoisotopic (exact) mass is 330 g/mol. The molecule has 0 aliphatic rings. The van der Waals surface area contributed by atoms with Gasteiger partial charge in [-0.15, -0.1) is 0 Å². The summed E-state index contributed by atoms with van der Waals surface area (Å²) in [5.74, 6) is -0.671. The summed E-state index contributed by atoms with van der Waals surface area (Å²) >= 11 is 0. The molecule has 1 heterocycles. The van der Waals surface area contributed by atoms with Crippen LogP contribution >= 0.6 is 0 Å². The molecule has 0 bridgehead atoms. The first kappa shape index (κ1) is 15.3. The summed E-state index contributed by atoms with van der Waals surface area (Å²) < 4.78 is 13.7. The lowest BCUT2D eigenvalue weighted by Crippen LogP contribution is -2.13. The van der Waals surface area contributed by atoms with Gasteiger partial charge in [-0.3, -0.25) is 9.78 Å². The zero-order chi connectivity index (χ0) is 17.4. The molecule has 1 amide bonds. The number of rotatable bonds is 2. The number of nitrogens with one attached hydrogen (secondary N) is 1. The number of aromatic nitrogens is 1. The number of fused-ring (bicyclic) bond motifs is 2. The number of anilines is 1. The Bertz CT molecular complexity index is 1120. The average molecular weight is 330 g/mol. The van der Waals surface area contributed by atoms with Crippen LogP contribution in [0.3, 0.4) is 0 Å². The van der Waals surface area contributed by atoms with E-state index in [2.05, 4.69) is 10.3 Å². The molecule has 0 aliphatic heterocycles. The minimum Gasteiger partial charge on any atom is -0.321 e. The molecule has 0 radical (unpaired) electrons. The molecule has 4 aromatic rings. The number of aryl methyl sites for hydroxylation is 1. The first-order valence-corrected chi connectivity index (χ1v) is 7.98. The van der Waals surface area contributed by atoms with Gasteiger partial charge in [-0.25, -0.2) is 4.39 Å². The van der Waals surface area contributed by atoms with Crippen LogP contribution in [-0.2, 0) is 0 Å². The summed E-state index contributed by atoms with van der Waals surface area (Å²) in [7, 11) is 0. The molecule has 1 N–H and O–H groups in total. The van der Waals surface area contributed by atoms with Gasteiger partial charge in [0.1, 0.15) is 5.82 Å².